The van der Waals surface area contributed by atoms with Gasteiger partial charge in [0.2, 0.25) is 6.41 Å². The molecule has 2 saturated heterocycles. The molecule has 2 aromatic rings. The summed E-state index contributed by atoms with van der Waals surface area (Å²) in [6.45, 7) is 0.117. The molecule has 1 aromatic carbocycles. The number of benzene rings is 1. The molecule has 1 amide bonds. The largest absolute Gasteiger partial charge is 0.489 e. The molecule has 158 valence electrons. The zero-order valence-electron chi connectivity index (χ0n) is 15.9. The van der Waals surface area contributed by atoms with Gasteiger partial charge in [-0.2, -0.15) is 0 Å². The Morgan fingerprint density at radius 2 is 1.97 bits per heavy atom. The number of aromatic nitrogens is 1. The quantitative estimate of drug-likeness (QED) is 0.647. The summed E-state index contributed by atoms with van der Waals surface area (Å²) in [7, 11) is 0. The van der Waals surface area contributed by atoms with Crippen molar-refractivity contribution in [3.8, 4) is 16.9 Å². The third-order valence-corrected chi connectivity index (χ3v) is 5.58. The molecule has 3 aliphatic rings. The third-order valence-electron chi connectivity index (χ3n) is 5.58. The molecular weight excluding hydrogens is 394 g/mol. The SMILES string of the molecule is O=C1OC(CO)CN1c1ccc(-c2ccc3c(c2)OCC2C(CO)OC(O)N32)cn1. The summed E-state index contributed by atoms with van der Waals surface area (Å²) in [5.74, 6) is 1.05. The Morgan fingerprint density at radius 3 is 2.67 bits per heavy atom. The van der Waals surface area contributed by atoms with Crippen LogP contribution in [-0.2, 0) is 9.47 Å². The first-order chi connectivity index (χ1) is 14.6. The van der Waals surface area contributed by atoms with Crippen molar-refractivity contribution in [3.63, 3.8) is 0 Å². The fourth-order valence-corrected chi connectivity index (χ4v) is 4.02. The Kier molecular flexibility index (Phi) is 4.70. The number of fused-ring (bicyclic) bond motifs is 3. The summed E-state index contributed by atoms with van der Waals surface area (Å²) in [4.78, 5) is 19.4. The van der Waals surface area contributed by atoms with Crippen LogP contribution in [0.15, 0.2) is 36.5 Å². The van der Waals surface area contributed by atoms with E-state index < -0.39 is 24.7 Å². The molecule has 0 saturated carbocycles. The molecule has 30 heavy (non-hydrogen) atoms. The summed E-state index contributed by atoms with van der Waals surface area (Å²) in [6, 6.07) is 8.87. The monoisotopic (exact) mass is 415 g/mol. The van der Waals surface area contributed by atoms with Gasteiger partial charge in [0.25, 0.3) is 0 Å². The van der Waals surface area contributed by atoms with Crippen LogP contribution in [0.4, 0.5) is 16.3 Å². The standard InChI is InChI=1S/C20H21N3O7/c24-8-13-7-22(19(26)29-13)18-4-2-12(6-21-18)11-1-3-14-16(5-11)28-10-15-17(9-25)30-20(27)23(14)15/h1-6,13,15,17,20,24-25,27H,7-10H2. The molecule has 10 heteroatoms. The summed E-state index contributed by atoms with van der Waals surface area (Å²) in [6.07, 6.45) is -1.07. The number of anilines is 2. The number of carbonyl (C=O) groups excluding carboxylic acids is 1. The highest BCUT2D eigenvalue weighted by Crippen LogP contribution is 2.41. The zero-order valence-corrected chi connectivity index (χ0v) is 15.9. The number of aliphatic hydroxyl groups excluding tert-OH is 3. The van der Waals surface area contributed by atoms with Gasteiger partial charge in [0.15, 0.2) is 0 Å². The van der Waals surface area contributed by atoms with Crippen molar-refractivity contribution in [2.45, 2.75) is 24.7 Å². The van der Waals surface area contributed by atoms with Crippen LogP contribution in [0.2, 0.25) is 0 Å². The van der Waals surface area contributed by atoms with E-state index >= 15 is 0 Å². The van der Waals surface area contributed by atoms with Crippen LogP contribution in [0.25, 0.3) is 11.1 Å². The topological polar surface area (TPSA) is 125 Å². The molecule has 4 heterocycles. The fraction of sp³-hybridized carbons (Fsp3) is 0.400. The van der Waals surface area contributed by atoms with Gasteiger partial charge in [0.1, 0.15) is 30.4 Å². The number of ether oxygens (including phenoxy) is 3. The van der Waals surface area contributed by atoms with E-state index in [0.717, 1.165) is 11.1 Å². The van der Waals surface area contributed by atoms with Gasteiger partial charge in [-0.3, -0.25) is 4.90 Å². The number of rotatable bonds is 4. The molecule has 4 unspecified atom stereocenters. The van der Waals surface area contributed by atoms with Gasteiger partial charge >= 0.3 is 6.09 Å². The Bertz CT molecular complexity index is 954. The predicted molar refractivity (Wildman–Crippen MR) is 104 cm³/mol. The number of amides is 1. The lowest BCUT2D eigenvalue weighted by Crippen LogP contribution is -2.46. The third kappa shape index (κ3) is 3.05. The van der Waals surface area contributed by atoms with Crippen LogP contribution in [0.1, 0.15) is 0 Å². The van der Waals surface area contributed by atoms with Crippen LogP contribution >= 0.6 is 0 Å². The zero-order chi connectivity index (χ0) is 20.8. The molecule has 0 radical (unpaired) electrons. The Labute approximate surface area is 171 Å². The number of pyridine rings is 1. The molecule has 10 nitrogen and oxygen atoms in total. The van der Waals surface area contributed by atoms with Gasteiger partial charge in [-0.1, -0.05) is 6.07 Å². The van der Waals surface area contributed by atoms with E-state index in [1.54, 1.807) is 17.2 Å². The van der Waals surface area contributed by atoms with Gasteiger partial charge in [-0.05, 0) is 29.8 Å². The summed E-state index contributed by atoms with van der Waals surface area (Å²) >= 11 is 0. The molecule has 0 spiro atoms. The van der Waals surface area contributed by atoms with E-state index in [0.29, 0.717) is 23.9 Å². The van der Waals surface area contributed by atoms with Crippen molar-refractivity contribution in [1.82, 2.24) is 4.98 Å². The number of hydrogen-bond donors (Lipinski definition) is 3. The average Bonchev–Trinajstić information content (AvgIpc) is 3.32. The van der Waals surface area contributed by atoms with Crippen molar-refractivity contribution < 1.29 is 34.3 Å². The smallest absolute Gasteiger partial charge is 0.416 e. The summed E-state index contributed by atoms with van der Waals surface area (Å²) in [5, 5.41) is 28.8. The van der Waals surface area contributed by atoms with Gasteiger partial charge in [-0.25, -0.2) is 9.78 Å². The van der Waals surface area contributed by atoms with Crippen LogP contribution in [0, 0.1) is 0 Å². The minimum atomic E-state index is -1.13. The first-order valence-corrected chi connectivity index (χ1v) is 9.64. The Morgan fingerprint density at radius 1 is 1.13 bits per heavy atom. The van der Waals surface area contributed by atoms with E-state index in [2.05, 4.69) is 4.98 Å². The minimum Gasteiger partial charge on any atom is -0.489 e. The van der Waals surface area contributed by atoms with E-state index in [9.17, 15) is 15.0 Å². The maximum absolute atomic E-state index is 11.9. The number of cyclic esters (lactones) is 1. The van der Waals surface area contributed by atoms with E-state index in [-0.39, 0.29) is 25.8 Å². The average molecular weight is 415 g/mol. The highest BCUT2D eigenvalue weighted by Gasteiger charge is 2.45. The predicted octanol–water partition coefficient (Wildman–Crippen LogP) is 0.300. The van der Waals surface area contributed by atoms with Crippen LogP contribution < -0.4 is 14.5 Å². The van der Waals surface area contributed by atoms with E-state index in [4.69, 9.17) is 19.3 Å². The van der Waals surface area contributed by atoms with E-state index in [1.165, 1.54) is 4.90 Å². The lowest BCUT2D eigenvalue weighted by Gasteiger charge is -2.34. The molecular formula is C20H21N3O7. The van der Waals surface area contributed by atoms with Crippen molar-refractivity contribution in [2.24, 2.45) is 0 Å². The van der Waals surface area contributed by atoms with Crippen LogP contribution in [0.3, 0.4) is 0 Å². The number of nitrogens with zero attached hydrogens (tertiary/aromatic N) is 3. The molecule has 3 N–H and O–H groups in total. The van der Waals surface area contributed by atoms with Crippen LogP contribution in [-0.4, -0.2) is 77.4 Å². The lowest BCUT2D eigenvalue weighted by atomic mass is 10.0. The maximum atomic E-state index is 11.9. The summed E-state index contributed by atoms with van der Waals surface area (Å²) < 4.78 is 16.3. The van der Waals surface area contributed by atoms with Crippen LogP contribution in [0.5, 0.6) is 5.75 Å². The second-order valence-corrected chi connectivity index (χ2v) is 7.36. The normalized spacial score (nSPS) is 27.5. The molecule has 2 fully saturated rings. The van der Waals surface area contributed by atoms with Crippen molar-refractivity contribution in [1.29, 1.82) is 0 Å². The minimum absolute atomic E-state index is 0.198. The molecule has 0 aliphatic carbocycles. The molecule has 5 rings (SSSR count). The molecule has 4 atom stereocenters. The number of aliphatic hydroxyl groups is 3. The van der Waals surface area contributed by atoms with Crippen molar-refractivity contribution >= 4 is 17.6 Å². The molecule has 1 aromatic heterocycles. The second kappa shape index (κ2) is 7.40. The van der Waals surface area contributed by atoms with E-state index in [1.807, 2.05) is 24.3 Å². The first-order valence-electron chi connectivity index (χ1n) is 9.64. The molecule has 3 aliphatic heterocycles. The number of hydrogen-bond acceptors (Lipinski definition) is 9. The fourth-order valence-electron chi connectivity index (χ4n) is 4.02. The van der Waals surface area contributed by atoms with Gasteiger partial charge in [0, 0.05) is 11.8 Å². The first kappa shape index (κ1) is 19.1. The highest BCUT2D eigenvalue weighted by molar-refractivity contribution is 5.88. The Hall–Kier alpha value is -2.92. The van der Waals surface area contributed by atoms with Crippen molar-refractivity contribution in [3.05, 3.63) is 36.5 Å². The highest BCUT2D eigenvalue weighted by atomic mass is 16.7. The second-order valence-electron chi connectivity index (χ2n) is 7.36. The lowest BCUT2D eigenvalue weighted by molar-refractivity contribution is -0.101. The van der Waals surface area contributed by atoms with Gasteiger partial charge < -0.3 is 34.4 Å². The summed E-state index contributed by atoms with van der Waals surface area (Å²) in [5.41, 5.74) is 2.37. The van der Waals surface area contributed by atoms with Gasteiger partial charge in [0.05, 0.1) is 31.5 Å². The molecule has 0 bridgehead atoms. The maximum Gasteiger partial charge on any atom is 0.416 e. The number of carbonyl (C=O) groups is 1. The Balaban J connectivity index is 1.38. The van der Waals surface area contributed by atoms with Gasteiger partial charge in [-0.15, -0.1) is 0 Å². The van der Waals surface area contributed by atoms with Crippen molar-refractivity contribution in [2.75, 3.05) is 36.2 Å².